The van der Waals surface area contributed by atoms with E-state index in [9.17, 15) is 5.11 Å². The standard InChI is InChI=1S/C13H15NO2/c1-9-5-6-12(16-9)13(15)11-4-2-3-10(7-11)8-14/h2-7,13,15H,8,14H2,1H3. The first-order chi connectivity index (χ1) is 7.70. The highest BCUT2D eigenvalue weighted by Crippen LogP contribution is 2.24. The van der Waals surface area contributed by atoms with Crippen LogP contribution in [0.2, 0.25) is 0 Å². The molecule has 84 valence electrons. The zero-order valence-electron chi connectivity index (χ0n) is 9.18. The van der Waals surface area contributed by atoms with E-state index in [4.69, 9.17) is 10.2 Å². The van der Waals surface area contributed by atoms with Gasteiger partial charge in [0.1, 0.15) is 17.6 Å². The maximum atomic E-state index is 10.1. The van der Waals surface area contributed by atoms with Gasteiger partial charge in [0.15, 0.2) is 0 Å². The average Bonchev–Trinajstić information content (AvgIpc) is 2.75. The number of aliphatic hydroxyl groups excluding tert-OH is 1. The predicted octanol–water partition coefficient (Wildman–Crippen LogP) is 2.13. The number of hydrogen-bond donors (Lipinski definition) is 2. The summed E-state index contributed by atoms with van der Waals surface area (Å²) >= 11 is 0. The Kier molecular flexibility index (Phi) is 3.08. The molecule has 3 heteroatoms. The number of furan rings is 1. The summed E-state index contributed by atoms with van der Waals surface area (Å²) in [7, 11) is 0. The highest BCUT2D eigenvalue weighted by atomic mass is 16.4. The lowest BCUT2D eigenvalue weighted by atomic mass is 10.0. The summed E-state index contributed by atoms with van der Waals surface area (Å²) in [5.41, 5.74) is 7.36. The molecule has 16 heavy (non-hydrogen) atoms. The quantitative estimate of drug-likeness (QED) is 0.828. The molecule has 2 rings (SSSR count). The molecule has 3 nitrogen and oxygen atoms in total. The Morgan fingerprint density at radius 3 is 2.75 bits per heavy atom. The fourth-order valence-electron chi connectivity index (χ4n) is 1.65. The van der Waals surface area contributed by atoms with Gasteiger partial charge in [0.2, 0.25) is 0 Å². The molecule has 0 fully saturated rings. The van der Waals surface area contributed by atoms with Crippen LogP contribution in [-0.2, 0) is 6.54 Å². The van der Waals surface area contributed by atoms with Crippen molar-refractivity contribution < 1.29 is 9.52 Å². The van der Waals surface area contributed by atoms with Gasteiger partial charge in [0, 0.05) is 6.54 Å². The molecule has 0 radical (unpaired) electrons. The van der Waals surface area contributed by atoms with Gasteiger partial charge in [0.25, 0.3) is 0 Å². The van der Waals surface area contributed by atoms with E-state index in [0.29, 0.717) is 12.3 Å². The predicted molar refractivity (Wildman–Crippen MR) is 61.8 cm³/mol. The zero-order chi connectivity index (χ0) is 11.5. The van der Waals surface area contributed by atoms with Gasteiger partial charge in [0.05, 0.1) is 0 Å². The number of rotatable bonds is 3. The minimum absolute atomic E-state index is 0.470. The minimum atomic E-state index is -0.722. The molecular formula is C13H15NO2. The Hall–Kier alpha value is -1.58. The van der Waals surface area contributed by atoms with Gasteiger partial charge in [-0.2, -0.15) is 0 Å². The van der Waals surface area contributed by atoms with Crippen LogP contribution in [-0.4, -0.2) is 5.11 Å². The Morgan fingerprint density at radius 2 is 2.12 bits per heavy atom. The highest BCUT2D eigenvalue weighted by molar-refractivity contribution is 5.29. The van der Waals surface area contributed by atoms with E-state index in [2.05, 4.69) is 0 Å². The van der Waals surface area contributed by atoms with Crippen LogP contribution < -0.4 is 5.73 Å². The first-order valence-corrected chi connectivity index (χ1v) is 5.24. The van der Waals surface area contributed by atoms with Crippen LogP contribution >= 0.6 is 0 Å². The largest absolute Gasteiger partial charge is 0.463 e. The number of hydrogen-bond acceptors (Lipinski definition) is 3. The normalized spacial score (nSPS) is 12.7. The molecule has 3 N–H and O–H groups in total. The second kappa shape index (κ2) is 4.51. The van der Waals surface area contributed by atoms with Crippen molar-refractivity contribution in [1.82, 2.24) is 0 Å². The van der Waals surface area contributed by atoms with E-state index >= 15 is 0 Å². The number of benzene rings is 1. The molecule has 0 aliphatic rings. The van der Waals surface area contributed by atoms with Crippen molar-refractivity contribution in [2.24, 2.45) is 5.73 Å². The fourth-order valence-corrected chi connectivity index (χ4v) is 1.65. The minimum Gasteiger partial charge on any atom is -0.463 e. The van der Waals surface area contributed by atoms with E-state index in [1.54, 1.807) is 6.07 Å². The summed E-state index contributed by atoms with van der Waals surface area (Å²) in [5.74, 6) is 1.36. The van der Waals surface area contributed by atoms with E-state index in [1.807, 2.05) is 37.3 Å². The summed E-state index contributed by atoms with van der Waals surface area (Å²) < 4.78 is 5.39. The summed E-state index contributed by atoms with van der Waals surface area (Å²) in [6, 6.07) is 11.2. The third-order valence-corrected chi connectivity index (χ3v) is 2.53. The number of aliphatic hydroxyl groups is 1. The molecule has 0 saturated heterocycles. The van der Waals surface area contributed by atoms with Gasteiger partial charge in [-0.25, -0.2) is 0 Å². The summed E-state index contributed by atoms with van der Waals surface area (Å²) in [5, 5.41) is 10.1. The second-order valence-corrected chi connectivity index (χ2v) is 3.80. The fraction of sp³-hybridized carbons (Fsp3) is 0.231. The van der Waals surface area contributed by atoms with E-state index in [-0.39, 0.29) is 0 Å². The van der Waals surface area contributed by atoms with Crippen LogP contribution in [0.15, 0.2) is 40.8 Å². The van der Waals surface area contributed by atoms with Crippen molar-refractivity contribution in [3.8, 4) is 0 Å². The molecule has 1 aromatic carbocycles. The lowest BCUT2D eigenvalue weighted by molar-refractivity contribution is 0.187. The zero-order valence-corrected chi connectivity index (χ0v) is 9.18. The number of aryl methyl sites for hydroxylation is 1. The van der Waals surface area contributed by atoms with Crippen LogP contribution in [0.25, 0.3) is 0 Å². The van der Waals surface area contributed by atoms with Crippen molar-refractivity contribution in [3.63, 3.8) is 0 Å². The molecule has 1 heterocycles. The van der Waals surface area contributed by atoms with Gasteiger partial charge >= 0.3 is 0 Å². The van der Waals surface area contributed by atoms with Crippen molar-refractivity contribution >= 4 is 0 Å². The molecule has 0 bridgehead atoms. The van der Waals surface area contributed by atoms with Gasteiger partial charge in [-0.05, 0) is 30.2 Å². The number of nitrogens with two attached hydrogens (primary N) is 1. The molecule has 1 aromatic heterocycles. The summed E-state index contributed by atoms with van der Waals surface area (Å²) in [6.07, 6.45) is -0.722. The summed E-state index contributed by atoms with van der Waals surface area (Å²) in [4.78, 5) is 0. The molecule has 0 aliphatic heterocycles. The molecule has 0 aliphatic carbocycles. The maximum absolute atomic E-state index is 10.1. The highest BCUT2D eigenvalue weighted by Gasteiger charge is 2.13. The topological polar surface area (TPSA) is 59.4 Å². The third-order valence-electron chi connectivity index (χ3n) is 2.53. The first kappa shape index (κ1) is 10.9. The molecule has 0 spiro atoms. The SMILES string of the molecule is Cc1ccc(C(O)c2cccc(CN)c2)o1. The van der Waals surface area contributed by atoms with Crippen LogP contribution in [0.3, 0.4) is 0 Å². The smallest absolute Gasteiger partial charge is 0.137 e. The maximum Gasteiger partial charge on any atom is 0.137 e. The van der Waals surface area contributed by atoms with Crippen LogP contribution in [0.4, 0.5) is 0 Å². The molecule has 2 aromatic rings. The monoisotopic (exact) mass is 217 g/mol. The van der Waals surface area contributed by atoms with Crippen LogP contribution in [0.5, 0.6) is 0 Å². The second-order valence-electron chi connectivity index (χ2n) is 3.80. The van der Waals surface area contributed by atoms with Crippen molar-refractivity contribution in [1.29, 1.82) is 0 Å². The van der Waals surface area contributed by atoms with Crippen LogP contribution in [0.1, 0.15) is 28.8 Å². The van der Waals surface area contributed by atoms with Crippen LogP contribution in [0, 0.1) is 6.92 Å². The summed E-state index contributed by atoms with van der Waals surface area (Å²) in [6.45, 7) is 2.32. The Morgan fingerprint density at radius 1 is 1.31 bits per heavy atom. The van der Waals surface area contributed by atoms with Gasteiger partial charge < -0.3 is 15.3 Å². The van der Waals surface area contributed by atoms with Gasteiger partial charge in [-0.15, -0.1) is 0 Å². The Bertz CT molecular complexity index is 476. The molecule has 0 amide bonds. The molecular weight excluding hydrogens is 202 g/mol. The average molecular weight is 217 g/mol. The van der Waals surface area contributed by atoms with Gasteiger partial charge in [-0.1, -0.05) is 24.3 Å². The third kappa shape index (κ3) is 2.15. The van der Waals surface area contributed by atoms with Crippen molar-refractivity contribution in [2.45, 2.75) is 19.6 Å². The molecule has 1 atom stereocenters. The lowest BCUT2D eigenvalue weighted by Crippen LogP contribution is -2.01. The van der Waals surface area contributed by atoms with Crippen molar-refractivity contribution in [3.05, 3.63) is 59.0 Å². The molecule has 0 saturated carbocycles. The van der Waals surface area contributed by atoms with E-state index in [1.165, 1.54) is 0 Å². The van der Waals surface area contributed by atoms with E-state index < -0.39 is 6.10 Å². The first-order valence-electron chi connectivity index (χ1n) is 5.24. The Balaban J connectivity index is 2.29. The lowest BCUT2D eigenvalue weighted by Gasteiger charge is -2.09. The van der Waals surface area contributed by atoms with Gasteiger partial charge in [-0.3, -0.25) is 0 Å². The molecule has 1 unspecified atom stereocenters. The van der Waals surface area contributed by atoms with E-state index in [0.717, 1.165) is 16.9 Å². The van der Waals surface area contributed by atoms with Crippen molar-refractivity contribution in [2.75, 3.05) is 0 Å². The Labute approximate surface area is 94.5 Å².